The average molecular weight is 428 g/mol. The summed E-state index contributed by atoms with van der Waals surface area (Å²) < 4.78 is 6.59. The molecule has 8 nitrogen and oxygen atoms in total. The fourth-order valence-corrected chi connectivity index (χ4v) is 2.54. The van der Waals surface area contributed by atoms with Crippen molar-refractivity contribution in [3.05, 3.63) is 37.6 Å². The lowest BCUT2D eigenvalue weighted by molar-refractivity contribution is -0.0550. The summed E-state index contributed by atoms with van der Waals surface area (Å²) in [4.78, 5) is 27.1. The van der Waals surface area contributed by atoms with Gasteiger partial charge in [-0.2, -0.15) is 0 Å². The standard InChI is InChI=1S/C11H12Br2N2O6/c12-1-5(13)4-2-15(11(20)14-9(4)19)10-8(18)7(17)6(3-16)21-10/h1-2,6-8,10,16-18H,3H2,(H,14,19,20)/b5-1+/t6-,7-,8-,10-/m1/s1. The summed E-state index contributed by atoms with van der Waals surface area (Å²) in [6.45, 7) is -0.509. The number of aliphatic hydroxyl groups is 3. The predicted molar refractivity (Wildman–Crippen MR) is 80.2 cm³/mol. The van der Waals surface area contributed by atoms with Gasteiger partial charge < -0.3 is 20.1 Å². The van der Waals surface area contributed by atoms with Crippen molar-refractivity contribution in [1.82, 2.24) is 9.55 Å². The Bertz CT molecular complexity index is 669. The Morgan fingerprint density at radius 1 is 1.43 bits per heavy atom. The van der Waals surface area contributed by atoms with E-state index in [4.69, 9.17) is 9.84 Å². The largest absolute Gasteiger partial charge is 0.394 e. The van der Waals surface area contributed by atoms with E-state index in [1.807, 2.05) is 0 Å². The molecule has 1 saturated heterocycles. The molecule has 0 aliphatic carbocycles. The third kappa shape index (κ3) is 3.05. The summed E-state index contributed by atoms with van der Waals surface area (Å²) in [5, 5.41) is 28.7. The van der Waals surface area contributed by atoms with Crippen LogP contribution in [0.4, 0.5) is 0 Å². The van der Waals surface area contributed by atoms with Crippen molar-refractivity contribution in [2.45, 2.75) is 24.5 Å². The molecule has 0 radical (unpaired) electrons. The number of aromatic nitrogens is 2. The first-order valence-electron chi connectivity index (χ1n) is 5.85. The number of nitrogens with one attached hydrogen (secondary N) is 1. The smallest absolute Gasteiger partial charge is 0.330 e. The van der Waals surface area contributed by atoms with Gasteiger partial charge in [-0.25, -0.2) is 4.79 Å². The first kappa shape index (κ1) is 16.6. The van der Waals surface area contributed by atoms with Crippen LogP contribution in [0.15, 0.2) is 20.8 Å². The zero-order valence-electron chi connectivity index (χ0n) is 10.4. The van der Waals surface area contributed by atoms with E-state index in [-0.39, 0.29) is 5.56 Å². The van der Waals surface area contributed by atoms with Gasteiger partial charge in [-0.15, -0.1) is 0 Å². The zero-order valence-corrected chi connectivity index (χ0v) is 13.6. The van der Waals surface area contributed by atoms with Crippen LogP contribution in [0, 0.1) is 0 Å². The molecule has 0 unspecified atom stereocenters. The molecule has 4 N–H and O–H groups in total. The van der Waals surface area contributed by atoms with Crippen LogP contribution in [0.25, 0.3) is 4.48 Å². The van der Waals surface area contributed by atoms with E-state index < -0.39 is 42.4 Å². The topological polar surface area (TPSA) is 125 Å². The van der Waals surface area contributed by atoms with Gasteiger partial charge in [0, 0.05) is 10.7 Å². The lowest BCUT2D eigenvalue weighted by atomic mass is 10.1. The fourth-order valence-electron chi connectivity index (χ4n) is 2.01. The van der Waals surface area contributed by atoms with E-state index in [0.29, 0.717) is 4.48 Å². The Morgan fingerprint density at radius 2 is 2.10 bits per heavy atom. The number of rotatable bonds is 3. The van der Waals surface area contributed by atoms with Crippen LogP contribution >= 0.6 is 31.9 Å². The third-order valence-electron chi connectivity index (χ3n) is 3.11. The number of nitrogens with zero attached hydrogens (tertiary/aromatic N) is 1. The second kappa shape index (κ2) is 6.55. The normalized spacial score (nSPS) is 29.9. The van der Waals surface area contributed by atoms with Gasteiger partial charge in [-0.3, -0.25) is 14.3 Å². The van der Waals surface area contributed by atoms with Gasteiger partial charge in [0.15, 0.2) is 6.23 Å². The molecule has 1 aromatic heterocycles. The summed E-state index contributed by atoms with van der Waals surface area (Å²) in [5.74, 6) is 0. The SMILES string of the molecule is O=c1[nH]c(=O)n([C@@H]2O[C@H](CO)[C@@H](O)[C@H]2O)cc1/C(Br)=C\Br. The van der Waals surface area contributed by atoms with E-state index in [1.165, 1.54) is 11.2 Å². The Kier molecular flexibility index (Phi) is 5.17. The third-order valence-corrected chi connectivity index (χ3v) is 4.84. The molecule has 21 heavy (non-hydrogen) atoms. The van der Waals surface area contributed by atoms with Crippen LogP contribution in [0.2, 0.25) is 0 Å². The van der Waals surface area contributed by atoms with Crippen LogP contribution in [0.1, 0.15) is 11.8 Å². The van der Waals surface area contributed by atoms with Crippen LogP contribution in [-0.2, 0) is 4.74 Å². The van der Waals surface area contributed by atoms with E-state index in [0.717, 1.165) is 4.57 Å². The maximum Gasteiger partial charge on any atom is 0.330 e. The molecule has 0 bridgehead atoms. The maximum absolute atomic E-state index is 11.9. The van der Waals surface area contributed by atoms with Gasteiger partial charge >= 0.3 is 5.69 Å². The first-order chi connectivity index (χ1) is 9.90. The molecule has 116 valence electrons. The molecule has 2 rings (SSSR count). The highest BCUT2D eigenvalue weighted by Crippen LogP contribution is 2.28. The maximum atomic E-state index is 11.9. The fraction of sp³-hybridized carbons (Fsp3) is 0.455. The van der Waals surface area contributed by atoms with Crippen molar-refractivity contribution < 1.29 is 20.1 Å². The Labute approximate surface area is 134 Å². The lowest BCUT2D eigenvalue weighted by Gasteiger charge is -2.17. The average Bonchev–Trinajstić information content (AvgIpc) is 2.74. The lowest BCUT2D eigenvalue weighted by Crippen LogP contribution is -2.38. The molecule has 1 aliphatic heterocycles. The van der Waals surface area contributed by atoms with Gasteiger partial charge in [0.05, 0.1) is 12.2 Å². The minimum atomic E-state index is -1.41. The summed E-state index contributed by atoms with van der Waals surface area (Å²) in [5.41, 5.74) is -1.29. The Balaban J connectivity index is 2.50. The van der Waals surface area contributed by atoms with Crippen molar-refractivity contribution in [1.29, 1.82) is 0 Å². The van der Waals surface area contributed by atoms with Crippen molar-refractivity contribution >= 4 is 36.3 Å². The number of hydrogen-bond donors (Lipinski definition) is 4. The molecule has 1 fully saturated rings. The Morgan fingerprint density at radius 3 is 2.62 bits per heavy atom. The summed E-state index contributed by atoms with van der Waals surface area (Å²) in [7, 11) is 0. The quantitative estimate of drug-likeness (QED) is 0.502. The van der Waals surface area contributed by atoms with Gasteiger partial charge in [0.25, 0.3) is 5.56 Å². The van der Waals surface area contributed by atoms with Gasteiger partial charge in [0.2, 0.25) is 0 Å². The van der Waals surface area contributed by atoms with Crippen molar-refractivity contribution in [3.8, 4) is 0 Å². The number of hydrogen-bond acceptors (Lipinski definition) is 6. The molecule has 10 heteroatoms. The van der Waals surface area contributed by atoms with Crippen LogP contribution < -0.4 is 11.2 Å². The van der Waals surface area contributed by atoms with Crippen LogP contribution in [0.5, 0.6) is 0 Å². The molecule has 1 aromatic rings. The van der Waals surface area contributed by atoms with Crippen LogP contribution in [0.3, 0.4) is 0 Å². The van der Waals surface area contributed by atoms with Crippen LogP contribution in [-0.4, -0.2) is 49.8 Å². The summed E-state index contributed by atoms with van der Waals surface area (Å²) in [6.07, 6.45) is -3.77. The molecule has 0 aromatic carbocycles. The minimum absolute atomic E-state index is 0.129. The number of aromatic amines is 1. The highest BCUT2D eigenvalue weighted by atomic mass is 79.9. The van der Waals surface area contributed by atoms with E-state index in [9.17, 15) is 19.8 Å². The number of ether oxygens (including phenoxy) is 1. The first-order valence-corrected chi connectivity index (χ1v) is 7.55. The van der Waals surface area contributed by atoms with Crippen molar-refractivity contribution in [2.75, 3.05) is 6.61 Å². The Hall–Kier alpha value is -0.780. The minimum Gasteiger partial charge on any atom is -0.394 e. The highest BCUT2D eigenvalue weighted by molar-refractivity contribution is 9.16. The molecule has 0 saturated carbocycles. The molecular weight excluding hydrogens is 416 g/mol. The molecule has 0 amide bonds. The molecule has 0 spiro atoms. The van der Waals surface area contributed by atoms with E-state index in [2.05, 4.69) is 36.8 Å². The molecule has 2 heterocycles. The highest BCUT2D eigenvalue weighted by Gasteiger charge is 2.43. The zero-order chi connectivity index (χ0) is 15.7. The second-order valence-electron chi connectivity index (χ2n) is 4.40. The molecule has 1 aliphatic rings. The van der Waals surface area contributed by atoms with Gasteiger partial charge in [0.1, 0.15) is 18.3 Å². The molecular formula is C11H12Br2N2O6. The van der Waals surface area contributed by atoms with E-state index >= 15 is 0 Å². The van der Waals surface area contributed by atoms with Gasteiger partial charge in [-0.1, -0.05) is 15.9 Å². The molecule has 4 atom stereocenters. The number of halogens is 2. The predicted octanol–water partition coefficient (Wildman–Crippen LogP) is -0.764. The monoisotopic (exact) mass is 426 g/mol. The number of aliphatic hydroxyl groups excluding tert-OH is 3. The number of H-pyrrole nitrogens is 1. The summed E-state index contributed by atoms with van der Waals surface area (Å²) in [6, 6.07) is 0. The summed E-state index contributed by atoms with van der Waals surface area (Å²) >= 11 is 6.19. The van der Waals surface area contributed by atoms with Crippen molar-refractivity contribution in [3.63, 3.8) is 0 Å². The second-order valence-corrected chi connectivity index (χ2v) is 5.71. The van der Waals surface area contributed by atoms with E-state index in [1.54, 1.807) is 0 Å². The van der Waals surface area contributed by atoms with Crippen molar-refractivity contribution in [2.24, 2.45) is 0 Å². The van der Waals surface area contributed by atoms with Gasteiger partial charge in [-0.05, 0) is 20.9 Å².